The summed E-state index contributed by atoms with van der Waals surface area (Å²) in [6.45, 7) is 3.63. The summed E-state index contributed by atoms with van der Waals surface area (Å²) in [5.41, 5.74) is 1.64. The second-order valence-electron chi connectivity index (χ2n) is 7.60. The Balaban J connectivity index is 1.60. The molecule has 1 unspecified atom stereocenters. The van der Waals surface area contributed by atoms with Crippen LogP contribution < -0.4 is 0 Å². The largest absolute Gasteiger partial charge is 0.466 e. The molecule has 2 heterocycles. The number of aromatic nitrogens is 1. The van der Waals surface area contributed by atoms with Gasteiger partial charge >= 0.3 is 5.97 Å². The van der Waals surface area contributed by atoms with E-state index in [-0.39, 0.29) is 30.2 Å². The first kappa shape index (κ1) is 21.6. The Bertz CT molecular complexity index is 878. The van der Waals surface area contributed by atoms with Crippen LogP contribution in [0.2, 0.25) is 0 Å². The molecule has 160 valence electrons. The third-order valence-corrected chi connectivity index (χ3v) is 5.36. The zero-order valence-electron chi connectivity index (χ0n) is 17.6. The van der Waals surface area contributed by atoms with E-state index in [1.54, 1.807) is 24.9 Å². The van der Waals surface area contributed by atoms with Crippen molar-refractivity contribution in [1.82, 2.24) is 14.4 Å². The van der Waals surface area contributed by atoms with Crippen molar-refractivity contribution in [3.8, 4) is 0 Å². The van der Waals surface area contributed by atoms with Gasteiger partial charge in [0.1, 0.15) is 5.69 Å². The number of esters is 1. The highest BCUT2D eigenvalue weighted by molar-refractivity contribution is 5.95. The smallest absolute Gasteiger partial charge is 0.310 e. The zero-order chi connectivity index (χ0) is 21.5. The first-order valence-electron chi connectivity index (χ1n) is 10.4. The minimum Gasteiger partial charge on any atom is -0.466 e. The Hall–Kier alpha value is -3.09. The molecule has 0 spiro atoms. The lowest BCUT2D eigenvalue weighted by Gasteiger charge is -2.32. The number of carbonyl (C=O) groups is 3. The van der Waals surface area contributed by atoms with Gasteiger partial charge in [-0.25, -0.2) is 0 Å². The second kappa shape index (κ2) is 10.1. The molecule has 1 fully saturated rings. The summed E-state index contributed by atoms with van der Waals surface area (Å²) >= 11 is 0. The van der Waals surface area contributed by atoms with Crippen LogP contribution >= 0.6 is 0 Å². The second-order valence-corrected chi connectivity index (χ2v) is 7.60. The molecule has 0 N–H and O–H groups in total. The van der Waals surface area contributed by atoms with E-state index in [4.69, 9.17) is 4.74 Å². The molecule has 0 bridgehead atoms. The molecule has 30 heavy (non-hydrogen) atoms. The molecule has 1 aliphatic rings. The van der Waals surface area contributed by atoms with E-state index in [1.165, 1.54) is 4.90 Å². The van der Waals surface area contributed by atoms with E-state index < -0.39 is 0 Å². The maximum atomic E-state index is 13.0. The van der Waals surface area contributed by atoms with E-state index in [9.17, 15) is 14.4 Å². The van der Waals surface area contributed by atoms with Crippen LogP contribution in [0.25, 0.3) is 0 Å². The summed E-state index contributed by atoms with van der Waals surface area (Å²) in [5.74, 6) is -0.894. The number of likely N-dealkylation sites (N-methyl/N-ethyl adjacent to an activating group) is 1. The molecule has 0 aliphatic carbocycles. The predicted octanol–water partition coefficient (Wildman–Crippen LogP) is 2.41. The number of ether oxygens (including phenoxy) is 1. The minimum atomic E-state index is -0.285. The fraction of sp³-hybridized carbons (Fsp3) is 0.435. The lowest BCUT2D eigenvalue weighted by Crippen LogP contribution is -2.47. The van der Waals surface area contributed by atoms with Crippen LogP contribution in [0.3, 0.4) is 0 Å². The summed E-state index contributed by atoms with van der Waals surface area (Å²) < 4.78 is 6.98. The third-order valence-electron chi connectivity index (χ3n) is 5.36. The lowest BCUT2D eigenvalue weighted by atomic mass is 9.98. The Morgan fingerprint density at radius 1 is 1.13 bits per heavy atom. The first-order chi connectivity index (χ1) is 14.5. The van der Waals surface area contributed by atoms with Gasteiger partial charge in [0.2, 0.25) is 5.91 Å². The lowest BCUT2D eigenvalue weighted by molar-refractivity contribution is -0.151. The van der Waals surface area contributed by atoms with Gasteiger partial charge in [-0.2, -0.15) is 0 Å². The highest BCUT2D eigenvalue weighted by Crippen LogP contribution is 2.18. The predicted molar refractivity (Wildman–Crippen MR) is 113 cm³/mol. The van der Waals surface area contributed by atoms with Crippen molar-refractivity contribution in [2.75, 3.05) is 33.3 Å². The van der Waals surface area contributed by atoms with Gasteiger partial charge in [0.25, 0.3) is 5.91 Å². The van der Waals surface area contributed by atoms with Crippen molar-refractivity contribution in [1.29, 1.82) is 0 Å². The molecule has 7 heteroatoms. The van der Waals surface area contributed by atoms with Gasteiger partial charge in [-0.3, -0.25) is 14.4 Å². The van der Waals surface area contributed by atoms with Gasteiger partial charge in [-0.05, 0) is 37.5 Å². The highest BCUT2D eigenvalue weighted by Gasteiger charge is 2.30. The molecule has 1 aromatic heterocycles. The van der Waals surface area contributed by atoms with Crippen LogP contribution in [0, 0.1) is 5.92 Å². The summed E-state index contributed by atoms with van der Waals surface area (Å²) in [4.78, 5) is 40.8. The van der Waals surface area contributed by atoms with Gasteiger partial charge < -0.3 is 19.1 Å². The quantitative estimate of drug-likeness (QED) is 0.656. The molecule has 2 amide bonds. The number of amides is 2. The summed E-state index contributed by atoms with van der Waals surface area (Å²) in [5, 5.41) is 0. The normalized spacial score (nSPS) is 16.2. The van der Waals surface area contributed by atoms with Crippen molar-refractivity contribution in [2.45, 2.75) is 26.3 Å². The fourth-order valence-electron chi connectivity index (χ4n) is 3.75. The number of piperidine rings is 1. The number of hydrogen-bond donors (Lipinski definition) is 0. The molecular formula is C23H29N3O4. The topological polar surface area (TPSA) is 71.8 Å². The molecular weight excluding hydrogens is 382 g/mol. The van der Waals surface area contributed by atoms with Crippen LogP contribution in [0.5, 0.6) is 0 Å². The Kier molecular flexibility index (Phi) is 7.27. The first-order valence-corrected chi connectivity index (χ1v) is 10.4. The molecule has 1 saturated heterocycles. The maximum absolute atomic E-state index is 13.0. The molecule has 0 radical (unpaired) electrons. The van der Waals surface area contributed by atoms with Gasteiger partial charge in [-0.1, -0.05) is 30.3 Å². The van der Waals surface area contributed by atoms with Crippen LogP contribution in [-0.2, 0) is 20.9 Å². The number of nitrogens with zero attached hydrogens (tertiary/aromatic N) is 3. The van der Waals surface area contributed by atoms with E-state index >= 15 is 0 Å². The Morgan fingerprint density at radius 2 is 1.90 bits per heavy atom. The van der Waals surface area contributed by atoms with Gasteiger partial charge in [-0.15, -0.1) is 0 Å². The number of carbonyl (C=O) groups excluding carboxylic acids is 3. The Morgan fingerprint density at radius 3 is 2.63 bits per heavy atom. The molecule has 7 nitrogen and oxygen atoms in total. The Labute approximate surface area is 177 Å². The number of rotatable bonds is 7. The van der Waals surface area contributed by atoms with Gasteiger partial charge in [0.05, 0.1) is 19.1 Å². The maximum Gasteiger partial charge on any atom is 0.310 e. The van der Waals surface area contributed by atoms with Gasteiger partial charge in [0, 0.05) is 32.9 Å². The van der Waals surface area contributed by atoms with Gasteiger partial charge in [0.15, 0.2) is 0 Å². The van der Waals surface area contributed by atoms with Crippen LogP contribution in [-0.4, -0.2) is 65.4 Å². The van der Waals surface area contributed by atoms with Crippen molar-refractivity contribution in [3.63, 3.8) is 0 Å². The van der Waals surface area contributed by atoms with Crippen molar-refractivity contribution < 1.29 is 19.1 Å². The van der Waals surface area contributed by atoms with Crippen LogP contribution in [0.15, 0.2) is 48.7 Å². The molecule has 2 aromatic rings. The number of likely N-dealkylation sites (tertiary alicyclic amines) is 1. The molecule has 0 saturated carbocycles. The minimum absolute atomic E-state index is 0.0229. The number of benzene rings is 1. The van der Waals surface area contributed by atoms with Crippen LogP contribution in [0.1, 0.15) is 35.8 Å². The molecule has 3 rings (SSSR count). The van der Waals surface area contributed by atoms with E-state index in [1.807, 2.05) is 47.2 Å². The van der Waals surface area contributed by atoms with E-state index in [2.05, 4.69) is 0 Å². The van der Waals surface area contributed by atoms with E-state index in [0.29, 0.717) is 31.9 Å². The van der Waals surface area contributed by atoms with E-state index in [0.717, 1.165) is 18.4 Å². The molecule has 1 aromatic carbocycles. The van der Waals surface area contributed by atoms with Crippen LogP contribution in [0.4, 0.5) is 0 Å². The van der Waals surface area contributed by atoms with Crippen molar-refractivity contribution in [3.05, 3.63) is 59.9 Å². The number of hydrogen-bond acceptors (Lipinski definition) is 4. The summed E-state index contributed by atoms with van der Waals surface area (Å²) in [6.07, 6.45) is 3.35. The highest BCUT2D eigenvalue weighted by atomic mass is 16.5. The zero-order valence-corrected chi connectivity index (χ0v) is 17.6. The molecule has 1 aliphatic heterocycles. The summed E-state index contributed by atoms with van der Waals surface area (Å²) in [7, 11) is 1.63. The standard InChI is InChI=1S/C23H29N3O4/c1-3-30-23(29)19-11-7-14-26(16-19)21(27)17-24(2)22(28)20-12-8-13-25(20)15-18-9-5-4-6-10-18/h4-6,8-10,12-13,19H,3,7,11,14-17H2,1-2H3. The average Bonchev–Trinajstić information content (AvgIpc) is 3.22. The fourth-order valence-corrected chi connectivity index (χ4v) is 3.75. The average molecular weight is 412 g/mol. The monoisotopic (exact) mass is 411 g/mol. The van der Waals surface area contributed by atoms with Crippen molar-refractivity contribution in [2.24, 2.45) is 5.92 Å². The van der Waals surface area contributed by atoms with Crippen molar-refractivity contribution >= 4 is 17.8 Å². The third kappa shape index (κ3) is 5.28. The summed E-state index contributed by atoms with van der Waals surface area (Å²) in [6, 6.07) is 13.5. The SMILES string of the molecule is CCOC(=O)C1CCCN(C(=O)CN(C)C(=O)c2cccn2Cc2ccccc2)C1. The molecule has 1 atom stereocenters.